The second-order valence-corrected chi connectivity index (χ2v) is 4.09. The molecular weight excluding hydrogens is 196 g/mol. The molecule has 2 aromatic heterocycles. The first-order valence-corrected chi connectivity index (χ1v) is 5.38. The molecule has 1 aliphatic heterocycles. The molecule has 3 rings (SSSR count). The minimum Gasteiger partial charge on any atom is -0.304 e. The van der Waals surface area contributed by atoms with Crippen molar-refractivity contribution in [1.29, 1.82) is 0 Å². The van der Waals surface area contributed by atoms with Crippen LogP contribution < -0.4 is 0 Å². The fraction of sp³-hybridized carbons (Fsp3) is 0.222. The molecule has 5 heteroatoms. The normalized spacial score (nSPS) is 16.1. The summed E-state index contributed by atoms with van der Waals surface area (Å²) in [6.45, 7) is 0.909. The highest BCUT2D eigenvalue weighted by Gasteiger charge is 2.12. The quantitative estimate of drug-likeness (QED) is 0.701. The van der Waals surface area contributed by atoms with Crippen molar-refractivity contribution in [2.75, 3.05) is 12.3 Å². The van der Waals surface area contributed by atoms with E-state index in [1.807, 2.05) is 16.8 Å². The van der Waals surface area contributed by atoms with Crippen LogP contribution in [0.4, 0.5) is 0 Å². The zero-order valence-corrected chi connectivity index (χ0v) is 8.24. The van der Waals surface area contributed by atoms with Crippen LogP contribution in [0.2, 0.25) is 0 Å². The van der Waals surface area contributed by atoms with E-state index in [4.69, 9.17) is 0 Å². The lowest BCUT2D eigenvalue weighted by molar-refractivity contribution is 1.13. The summed E-state index contributed by atoms with van der Waals surface area (Å²) in [6, 6.07) is 0. The van der Waals surface area contributed by atoms with Gasteiger partial charge in [0.1, 0.15) is 10.7 Å². The number of thioether (sulfide) groups is 1. The molecule has 0 amide bonds. The van der Waals surface area contributed by atoms with Crippen LogP contribution in [0.25, 0.3) is 5.65 Å². The van der Waals surface area contributed by atoms with Crippen LogP contribution in [0.3, 0.4) is 0 Å². The van der Waals surface area contributed by atoms with E-state index in [0.29, 0.717) is 0 Å². The molecular formula is C9H8N4S. The highest BCUT2D eigenvalue weighted by molar-refractivity contribution is 8.14. The first-order valence-electron chi connectivity index (χ1n) is 4.40. The number of nitrogens with zero attached hydrogens (tertiary/aromatic N) is 4. The van der Waals surface area contributed by atoms with Crippen LogP contribution in [0, 0.1) is 0 Å². The smallest absolute Gasteiger partial charge is 0.156 e. The van der Waals surface area contributed by atoms with Gasteiger partial charge in [-0.1, -0.05) is 0 Å². The van der Waals surface area contributed by atoms with Crippen molar-refractivity contribution in [3.05, 3.63) is 30.5 Å². The summed E-state index contributed by atoms with van der Waals surface area (Å²) in [7, 11) is 0. The zero-order chi connectivity index (χ0) is 9.38. The van der Waals surface area contributed by atoms with Gasteiger partial charge in [0, 0.05) is 30.9 Å². The van der Waals surface area contributed by atoms with Gasteiger partial charge in [0.15, 0.2) is 5.65 Å². The first-order chi connectivity index (χ1) is 6.93. The largest absolute Gasteiger partial charge is 0.304 e. The summed E-state index contributed by atoms with van der Waals surface area (Å²) < 4.78 is 1.96. The molecule has 0 unspecified atom stereocenters. The Morgan fingerprint density at radius 3 is 3.21 bits per heavy atom. The molecule has 0 bridgehead atoms. The Labute approximate surface area is 85.1 Å². The molecule has 0 spiro atoms. The molecule has 0 aromatic carbocycles. The average molecular weight is 204 g/mol. The maximum absolute atomic E-state index is 4.44. The molecule has 3 heterocycles. The molecule has 4 nitrogen and oxygen atoms in total. The third-order valence-corrected chi connectivity index (χ3v) is 3.07. The maximum atomic E-state index is 4.44. The summed E-state index contributed by atoms with van der Waals surface area (Å²) in [4.78, 5) is 12.9. The Balaban J connectivity index is 2.14. The van der Waals surface area contributed by atoms with Crippen LogP contribution in [0.5, 0.6) is 0 Å². The molecule has 70 valence electrons. The van der Waals surface area contributed by atoms with Gasteiger partial charge in [-0.15, -0.1) is 11.8 Å². The van der Waals surface area contributed by atoms with Gasteiger partial charge in [-0.2, -0.15) is 0 Å². The molecule has 0 atom stereocenters. The standard InChI is InChI=1S/C9H8N4S/c1-3-13-6-7(9-11-2-4-14-9)12-8(13)5-10-1/h1,3,5-6H,2,4H2. The van der Waals surface area contributed by atoms with E-state index in [9.17, 15) is 0 Å². The molecule has 0 saturated heterocycles. The van der Waals surface area contributed by atoms with Crippen molar-refractivity contribution in [2.24, 2.45) is 4.99 Å². The predicted octanol–water partition coefficient (Wildman–Crippen LogP) is 1.22. The molecule has 0 aliphatic carbocycles. The topological polar surface area (TPSA) is 42.5 Å². The van der Waals surface area contributed by atoms with Crippen molar-refractivity contribution in [3.63, 3.8) is 0 Å². The predicted molar refractivity (Wildman–Crippen MR) is 56.8 cm³/mol. The fourth-order valence-corrected chi connectivity index (χ4v) is 2.24. The second kappa shape index (κ2) is 3.09. The van der Waals surface area contributed by atoms with Crippen LogP contribution >= 0.6 is 11.8 Å². The van der Waals surface area contributed by atoms with Crippen LogP contribution in [-0.4, -0.2) is 31.7 Å². The van der Waals surface area contributed by atoms with E-state index >= 15 is 0 Å². The van der Waals surface area contributed by atoms with Gasteiger partial charge in [-0.05, 0) is 0 Å². The van der Waals surface area contributed by atoms with Crippen LogP contribution in [0.1, 0.15) is 5.69 Å². The van der Waals surface area contributed by atoms with E-state index in [-0.39, 0.29) is 0 Å². The van der Waals surface area contributed by atoms with Gasteiger partial charge in [0.25, 0.3) is 0 Å². The third kappa shape index (κ3) is 1.21. The minimum absolute atomic E-state index is 0.873. The zero-order valence-electron chi connectivity index (χ0n) is 7.42. The third-order valence-electron chi connectivity index (χ3n) is 2.07. The summed E-state index contributed by atoms with van der Waals surface area (Å²) in [5, 5.41) is 1.05. The first kappa shape index (κ1) is 7.99. The molecule has 0 saturated carbocycles. The number of hydrogen-bond acceptors (Lipinski definition) is 4. The number of imidazole rings is 1. The monoisotopic (exact) mass is 204 g/mol. The highest BCUT2D eigenvalue weighted by Crippen LogP contribution is 2.18. The van der Waals surface area contributed by atoms with E-state index in [1.165, 1.54) is 0 Å². The minimum atomic E-state index is 0.873. The van der Waals surface area contributed by atoms with Gasteiger partial charge in [-0.25, -0.2) is 4.98 Å². The summed E-state index contributed by atoms with van der Waals surface area (Å²) in [5.41, 5.74) is 1.83. The lowest BCUT2D eigenvalue weighted by atomic mass is 10.5. The maximum Gasteiger partial charge on any atom is 0.156 e. The molecule has 0 fully saturated rings. The van der Waals surface area contributed by atoms with Crippen LogP contribution in [0.15, 0.2) is 29.8 Å². The Bertz CT molecular complexity index is 469. The molecule has 0 N–H and O–H groups in total. The molecule has 1 aliphatic rings. The van der Waals surface area contributed by atoms with Crippen molar-refractivity contribution in [3.8, 4) is 0 Å². The Hall–Kier alpha value is -1.36. The SMILES string of the molecule is c1cn2cc(C3=NCCS3)nc2cn1. The molecule has 0 radical (unpaired) electrons. The lowest BCUT2D eigenvalue weighted by Crippen LogP contribution is -1.90. The van der Waals surface area contributed by atoms with Gasteiger partial charge >= 0.3 is 0 Å². The Morgan fingerprint density at radius 2 is 2.43 bits per heavy atom. The summed E-state index contributed by atoms with van der Waals surface area (Å²) in [6.07, 6.45) is 7.39. The number of hydrogen-bond donors (Lipinski definition) is 0. The van der Waals surface area contributed by atoms with E-state index in [2.05, 4.69) is 15.0 Å². The fourth-order valence-electron chi connectivity index (χ4n) is 1.44. The van der Waals surface area contributed by atoms with Gasteiger partial charge < -0.3 is 4.40 Å². The van der Waals surface area contributed by atoms with Crippen molar-refractivity contribution < 1.29 is 0 Å². The van der Waals surface area contributed by atoms with E-state index in [1.54, 1.807) is 24.2 Å². The number of aliphatic imine (C=N–C) groups is 1. The lowest BCUT2D eigenvalue weighted by Gasteiger charge is -1.89. The number of aromatic nitrogens is 3. The second-order valence-electron chi connectivity index (χ2n) is 3.00. The van der Waals surface area contributed by atoms with Crippen LogP contribution in [-0.2, 0) is 0 Å². The number of rotatable bonds is 1. The average Bonchev–Trinajstić information content (AvgIpc) is 2.86. The van der Waals surface area contributed by atoms with Gasteiger partial charge in [0.05, 0.1) is 6.20 Å². The van der Waals surface area contributed by atoms with Crippen molar-refractivity contribution in [1.82, 2.24) is 14.4 Å². The number of fused-ring (bicyclic) bond motifs is 1. The molecule has 2 aromatic rings. The van der Waals surface area contributed by atoms with E-state index in [0.717, 1.165) is 28.7 Å². The van der Waals surface area contributed by atoms with Crippen molar-refractivity contribution >= 4 is 22.5 Å². The Kier molecular flexibility index (Phi) is 1.77. The summed E-state index contributed by atoms with van der Waals surface area (Å²) in [5.74, 6) is 1.07. The highest BCUT2D eigenvalue weighted by atomic mass is 32.2. The van der Waals surface area contributed by atoms with Crippen molar-refractivity contribution in [2.45, 2.75) is 0 Å². The Morgan fingerprint density at radius 1 is 1.43 bits per heavy atom. The summed E-state index contributed by atoms with van der Waals surface area (Å²) >= 11 is 1.76. The molecule has 14 heavy (non-hydrogen) atoms. The van der Waals surface area contributed by atoms with Gasteiger partial charge in [-0.3, -0.25) is 9.98 Å². The van der Waals surface area contributed by atoms with Gasteiger partial charge in [0.2, 0.25) is 0 Å². The van der Waals surface area contributed by atoms with E-state index < -0.39 is 0 Å².